The number of halogens is 1. The van der Waals surface area contributed by atoms with Crippen LogP contribution in [-0.4, -0.2) is 20.1 Å². The highest BCUT2D eigenvalue weighted by atomic mass is 35.5. The molecule has 0 spiro atoms. The molecule has 0 radical (unpaired) electrons. The predicted octanol–water partition coefficient (Wildman–Crippen LogP) is 4.73. The minimum Gasteiger partial charge on any atom is -0.497 e. The lowest BCUT2D eigenvalue weighted by molar-refractivity contribution is 0.102. The number of anilines is 1. The minimum absolute atomic E-state index is 0.235. The van der Waals surface area contributed by atoms with Crippen molar-refractivity contribution < 1.29 is 14.3 Å². The van der Waals surface area contributed by atoms with Crippen molar-refractivity contribution in [3.8, 4) is 11.5 Å². The summed E-state index contributed by atoms with van der Waals surface area (Å²) in [5.74, 6) is 0.862. The monoisotopic (exact) mass is 347 g/mol. The summed E-state index contributed by atoms with van der Waals surface area (Å²) in [4.78, 5) is 12.8. The van der Waals surface area contributed by atoms with Crippen molar-refractivity contribution in [1.29, 1.82) is 0 Å². The maximum absolute atomic E-state index is 12.8. The summed E-state index contributed by atoms with van der Waals surface area (Å²) in [5, 5.41) is 3.67. The maximum atomic E-state index is 12.8. The van der Waals surface area contributed by atoms with Crippen LogP contribution in [0.25, 0.3) is 0 Å². The molecule has 5 heteroatoms. The van der Waals surface area contributed by atoms with E-state index in [0.717, 1.165) is 29.7 Å². The first-order chi connectivity index (χ1) is 11.5. The third-order valence-electron chi connectivity index (χ3n) is 3.97. The van der Waals surface area contributed by atoms with Gasteiger partial charge in [0.2, 0.25) is 0 Å². The van der Waals surface area contributed by atoms with Crippen LogP contribution in [0.5, 0.6) is 11.5 Å². The third kappa shape index (κ3) is 3.65. The highest BCUT2D eigenvalue weighted by Crippen LogP contribution is 2.31. The smallest absolute Gasteiger partial charge is 0.259 e. The molecule has 0 saturated carbocycles. The van der Waals surface area contributed by atoms with Crippen molar-refractivity contribution in [2.45, 2.75) is 26.7 Å². The Morgan fingerprint density at radius 2 is 1.83 bits per heavy atom. The SMILES string of the molecule is CCc1ccc(Cl)c(CC)c1NC(=O)c1ccc(OC)cc1OC. The number of hydrogen-bond donors (Lipinski definition) is 1. The molecule has 2 aromatic rings. The average Bonchev–Trinajstić information content (AvgIpc) is 2.61. The van der Waals surface area contributed by atoms with Gasteiger partial charge in [-0.15, -0.1) is 0 Å². The fourth-order valence-electron chi connectivity index (χ4n) is 2.63. The van der Waals surface area contributed by atoms with Crippen molar-refractivity contribution in [3.05, 3.63) is 52.0 Å². The van der Waals surface area contributed by atoms with E-state index in [9.17, 15) is 4.79 Å². The van der Waals surface area contributed by atoms with Crippen LogP contribution < -0.4 is 14.8 Å². The fraction of sp³-hybridized carbons (Fsp3) is 0.316. The number of carbonyl (C=O) groups excluding carboxylic acids is 1. The average molecular weight is 348 g/mol. The molecule has 0 fully saturated rings. The van der Waals surface area contributed by atoms with Crippen LogP contribution in [0.1, 0.15) is 35.3 Å². The Morgan fingerprint density at radius 1 is 1.08 bits per heavy atom. The summed E-state index contributed by atoms with van der Waals surface area (Å²) in [5.41, 5.74) is 3.23. The Bertz CT molecular complexity index is 744. The Labute approximate surface area is 147 Å². The molecule has 0 heterocycles. The van der Waals surface area contributed by atoms with E-state index in [1.807, 2.05) is 26.0 Å². The summed E-state index contributed by atoms with van der Waals surface area (Å²) in [6.45, 7) is 4.07. The van der Waals surface area contributed by atoms with Gasteiger partial charge in [0, 0.05) is 16.8 Å². The van der Waals surface area contributed by atoms with E-state index < -0.39 is 0 Å². The van der Waals surface area contributed by atoms with E-state index in [1.165, 1.54) is 7.11 Å². The number of rotatable bonds is 6. The van der Waals surface area contributed by atoms with E-state index in [-0.39, 0.29) is 5.91 Å². The molecule has 128 valence electrons. The van der Waals surface area contributed by atoms with Gasteiger partial charge in [-0.25, -0.2) is 0 Å². The number of hydrogen-bond acceptors (Lipinski definition) is 3. The third-order valence-corrected chi connectivity index (χ3v) is 4.32. The molecular weight excluding hydrogens is 326 g/mol. The second-order valence-electron chi connectivity index (χ2n) is 5.29. The standard InChI is InChI=1S/C19H22ClNO3/c1-5-12-7-10-16(20)14(6-2)18(12)21-19(22)15-9-8-13(23-3)11-17(15)24-4/h7-11H,5-6H2,1-4H3,(H,21,22). The van der Waals surface area contributed by atoms with Crippen LogP contribution in [0.2, 0.25) is 5.02 Å². The van der Waals surface area contributed by atoms with Crippen molar-refractivity contribution in [1.82, 2.24) is 0 Å². The number of aryl methyl sites for hydroxylation is 1. The molecule has 0 saturated heterocycles. The quantitative estimate of drug-likeness (QED) is 0.821. The van der Waals surface area contributed by atoms with Gasteiger partial charge in [-0.3, -0.25) is 4.79 Å². The number of carbonyl (C=O) groups is 1. The first kappa shape index (κ1) is 18.1. The van der Waals surface area contributed by atoms with E-state index >= 15 is 0 Å². The molecule has 1 amide bonds. The molecule has 1 N–H and O–H groups in total. The van der Waals surface area contributed by atoms with E-state index in [0.29, 0.717) is 22.1 Å². The van der Waals surface area contributed by atoms with E-state index in [4.69, 9.17) is 21.1 Å². The molecule has 0 aliphatic heterocycles. The van der Waals surface area contributed by atoms with Gasteiger partial charge in [0.05, 0.1) is 19.8 Å². The molecule has 2 rings (SSSR count). The molecule has 0 unspecified atom stereocenters. The Balaban J connectivity index is 2.42. The predicted molar refractivity (Wildman–Crippen MR) is 97.7 cm³/mol. The molecule has 0 atom stereocenters. The molecule has 0 aliphatic carbocycles. The summed E-state index contributed by atoms with van der Waals surface area (Å²) < 4.78 is 10.5. The van der Waals surface area contributed by atoms with Gasteiger partial charge < -0.3 is 14.8 Å². The van der Waals surface area contributed by atoms with Crippen LogP contribution in [-0.2, 0) is 12.8 Å². The van der Waals surface area contributed by atoms with Gasteiger partial charge in [0.15, 0.2) is 0 Å². The van der Waals surface area contributed by atoms with Crippen LogP contribution in [0.4, 0.5) is 5.69 Å². The molecule has 24 heavy (non-hydrogen) atoms. The number of methoxy groups -OCH3 is 2. The van der Waals surface area contributed by atoms with Crippen molar-refractivity contribution in [3.63, 3.8) is 0 Å². The molecule has 4 nitrogen and oxygen atoms in total. The summed E-state index contributed by atoms with van der Waals surface area (Å²) in [7, 11) is 3.10. The molecular formula is C19H22ClNO3. The molecule has 0 aliphatic rings. The van der Waals surface area contributed by atoms with Gasteiger partial charge in [-0.1, -0.05) is 31.5 Å². The zero-order valence-corrected chi connectivity index (χ0v) is 15.2. The lowest BCUT2D eigenvalue weighted by atomic mass is 10.0. The number of benzene rings is 2. The van der Waals surface area contributed by atoms with Crippen LogP contribution in [0.3, 0.4) is 0 Å². The zero-order chi connectivity index (χ0) is 17.7. The lowest BCUT2D eigenvalue weighted by Gasteiger charge is -2.17. The highest BCUT2D eigenvalue weighted by Gasteiger charge is 2.17. The maximum Gasteiger partial charge on any atom is 0.259 e. The van der Waals surface area contributed by atoms with Crippen LogP contribution in [0, 0.1) is 0 Å². The number of ether oxygens (including phenoxy) is 2. The zero-order valence-electron chi connectivity index (χ0n) is 14.4. The van der Waals surface area contributed by atoms with Crippen molar-refractivity contribution in [2.24, 2.45) is 0 Å². The minimum atomic E-state index is -0.235. The summed E-state index contributed by atoms with van der Waals surface area (Å²) in [6, 6.07) is 8.94. The van der Waals surface area contributed by atoms with Crippen LogP contribution >= 0.6 is 11.6 Å². The van der Waals surface area contributed by atoms with Gasteiger partial charge in [0.25, 0.3) is 5.91 Å². The Kier molecular flexibility index (Phi) is 6.10. The molecule has 2 aromatic carbocycles. The number of amides is 1. The molecule has 0 aromatic heterocycles. The Hall–Kier alpha value is -2.20. The topological polar surface area (TPSA) is 47.6 Å². The number of nitrogens with one attached hydrogen (secondary N) is 1. The summed E-state index contributed by atoms with van der Waals surface area (Å²) in [6.07, 6.45) is 1.54. The van der Waals surface area contributed by atoms with Crippen molar-refractivity contribution in [2.75, 3.05) is 19.5 Å². The first-order valence-electron chi connectivity index (χ1n) is 7.89. The van der Waals surface area contributed by atoms with Crippen molar-refractivity contribution >= 4 is 23.2 Å². The second-order valence-corrected chi connectivity index (χ2v) is 5.69. The highest BCUT2D eigenvalue weighted by molar-refractivity contribution is 6.32. The van der Waals surface area contributed by atoms with Crippen LogP contribution in [0.15, 0.2) is 30.3 Å². The second kappa shape index (κ2) is 8.06. The summed E-state index contributed by atoms with van der Waals surface area (Å²) >= 11 is 6.29. The first-order valence-corrected chi connectivity index (χ1v) is 8.27. The fourth-order valence-corrected chi connectivity index (χ4v) is 2.92. The molecule has 0 bridgehead atoms. The normalized spacial score (nSPS) is 10.4. The van der Waals surface area contributed by atoms with Gasteiger partial charge >= 0.3 is 0 Å². The lowest BCUT2D eigenvalue weighted by Crippen LogP contribution is -2.16. The largest absolute Gasteiger partial charge is 0.497 e. The van der Waals surface area contributed by atoms with Gasteiger partial charge in [0.1, 0.15) is 11.5 Å². The van der Waals surface area contributed by atoms with E-state index in [2.05, 4.69) is 5.32 Å². The van der Waals surface area contributed by atoms with E-state index in [1.54, 1.807) is 25.3 Å². The van der Waals surface area contributed by atoms with Gasteiger partial charge in [-0.2, -0.15) is 0 Å². The Morgan fingerprint density at radius 3 is 2.42 bits per heavy atom. The van der Waals surface area contributed by atoms with Gasteiger partial charge in [-0.05, 0) is 42.2 Å².